The van der Waals surface area contributed by atoms with Crippen LogP contribution in [0.3, 0.4) is 0 Å². The summed E-state index contributed by atoms with van der Waals surface area (Å²) in [5.74, 6) is 0. The van der Waals surface area contributed by atoms with E-state index in [1.54, 1.807) is 0 Å². The van der Waals surface area contributed by atoms with Gasteiger partial charge in [0.15, 0.2) is 6.29 Å². The first-order valence-electron chi connectivity index (χ1n) is 3.38. The van der Waals surface area contributed by atoms with Crippen molar-refractivity contribution in [2.45, 2.75) is 6.18 Å². The second-order valence-corrected chi connectivity index (χ2v) is 3.67. The maximum Gasteiger partial charge on any atom is 0.418 e. The van der Waals surface area contributed by atoms with Crippen LogP contribution in [0, 0.1) is 0 Å². The van der Waals surface area contributed by atoms with Crippen LogP contribution < -0.4 is 0 Å². The molecule has 0 amide bonds. The van der Waals surface area contributed by atoms with E-state index in [1.807, 2.05) is 0 Å². The quantitative estimate of drug-likeness (QED) is 0.715. The Balaban J connectivity index is 3.48. The van der Waals surface area contributed by atoms with Gasteiger partial charge in [-0.2, -0.15) is 13.2 Å². The SMILES string of the molecule is O=Cc1ccc(Br)c(C(F)(F)F)c1Cl. The molecular weight excluding hydrogens is 284 g/mol. The van der Waals surface area contributed by atoms with Crippen molar-refractivity contribution >= 4 is 33.8 Å². The fourth-order valence-corrected chi connectivity index (χ4v) is 1.91. The van der Waals surface area contributed by atoms with Crippen molar-refractivity contribution < 1.29 is 18.0 Å². The van der Waals surface area contributed by atoms with Gasteiger partial charge in [-0.05, 0) is 12.1 Å². The topological polar surface area (TPSA) is 17.1 Å². The number of hydrogen-bond acceptors (Lipinski definition) is 1. The standard InChI is InChI=1S/C8H3BrClF3O/c9-5-2-1-4(3-14)7(10)6(5)8(11,12)13/h1-3H. The van der Waals surface area contributed by atoms with Gasteiger partial charge in [0.05, 0.1) is 10.6 Å². The number of carbonyl (C=O) groups excluding carboxylic acids is 1. The molecule has 0 fully saturated rings. The van der Waals surface area contributed by atoms with Gasteiger partial charge in [0, 0.05) is 10.0 Å². The summed E-state index contributed by atoms with van der Waals surface area (Å²) in [4.78, 5) is 10.4. The first kappa shape index (κ1) is 11.5. The second-order valence-electron chi connectivity index (χ2n) is 2.44. The molecule has 6 heteroatoms. The van der Waals surface area contributed by atoms with E-state index in [2.05, 4.69) is 15.9 Å². The Morgan fingerprint density at radius 3 is 2.36 bits per heavy atom. The van der Waals surface area contributed by atoms with Crippen molar-refractivity contribution in [3.8, 4) is 0 Å². The largest absolute Gasteiger partial charge is 0.418 e. The average molecular weight is 287 g/mol. The Bertz CT molecular complexity index is 376. The van der Waals surface area contributed by atoms with E-state index < -0.39 is 16.8 Å². The summed E-state index contributed by atoms with van der Waals surface area (Å²) in [6, 6.07) is 2.35. The molecule has 1 nitrogen and oxygen atoms in total. The van der Waals surface area contributed by atoms with Gasteiger partial charge in [-0.15, -0.1) is 0 Å². The lowest BCUT2D eigenvalue weighted by Gasteiger charge is -2.11. The first-order valence-corrected chi connectivity index (χ1v) is 4.55. The monoisotopic (exact) mass is 286 g/mol. The zero-order chi connectivity index (χ0) is 10.9. The van der Waals surface area contributed by atoms with Gasteiger partial charge in [-0.1, -0.05) is 27.5 Å². The molecule has 0 atom stereocenters. The highest BCUT2D eigenvalue weighted by atomic mass is 79.9. The molecule has 0 aliphatic rings. The van der Waals surface area contributed by atoms with Gasteiger partial charge in [0.25, 0.3) is 0 Å². The van der Waals surface area contributed by atoms with Crippen LogP contribution >= 0.6 is 27.5 Å². The third kappa shape index (κ3) is 2.09. The van der Waals surface area contributed by atoms with Gasteiger partial charge in [-0.3, -0.25) is 4.79 Å². The number of benzene rings is 1. The van der Waals surface area contributed by atoms with Crippen LogP contribution in [0.4, 0.5) is 13.2 Å². The fraction of sp³-hybridized carbons (Fsp3) is 0.125. The maximum absolute atomic E-state index is 12.4. The Kier molecular flexibility index (Phi) is 3.21. The highest BCUT2D eigenvalue weighted by molar-refractivity contribution is 9.10. The fourth-order valence-electron chi connectivity index (χ4n) is 0.919. The number of halogens is 5. The van der Waals surface area contributed by atoms with Crippen molar-refractivity contribution in [3.63, 3.8) is 0 Å². The number of rotatable bonds is 1. The van der Waals surface area contributed by atoms with Gasteiger partial charge in [0.1, 0.15) is 0 Å². The molecule has 0 aliphatic heterocycles. The number of alkyl halides is 3. The van der Waals surface area contributed by atoms with Crippen LogP contribution in [0.1, 0.15) is 15.9 Å². The summed E-state index contributed by atoms with van der Waals surface area (Å²) < 4.78 is 37.0. The number of hydrogen-bond donors (Lipinski definition) is 0. The lowest BCUT2D eigenvalue weighted by Crippen LogP contribution is -2.08. The Hall–Kier alpha value is -0.550. The van der Waals surface area contributed by atoms with Crippen LogP contribution in [0.5, 0.6) is 0 Å². The number of carbonyl (C=O) groups is 1. The molecule has 0 unspecified atom stereocenters. The molecule has 1 rings (SSSR count). The Morgan fingerprint density at radius 1 is 1.36 bits per heavy atom. The minimum absolute atomic E-state index is 0.179. The summed E-state index contributed by atoms with van der Waals surface area (Å²) in [5.41, 5.74) is -1.20. The summed E-state index contributed by atoms with van der Waals surface area (Å²) in [7, 11) is 0. The van der Waals surface area contributed by atoms with E-state index in [4.69, 9.17) is 11.6 Å². The van der Waals surface area contributed by atoms with E-state index in [1.165, 1.54) is 6.07 Å². The predicted octanol–water partition coefficient (Wildman–Crippen LogP) is 3.93. The normalized spacial score (nSPS) is 11.5. The number of aldehydes is 1. The highest BCUT2D eigenvalue weighted by Crippen LogP contribution is 2.40. The summed E-state index contributed by atoms with van der Waals surface area (Å²) in [6.07, 6.45) is -4.29. The molecule has 0 radical (unpaired) electrons. The third-order valence-electron chi connectivity index (χ3n) is 1.53. The third-order valence-corrected chi connectivity index (χ3v) is 2.60. The molecule has 0 aromatic heterocycles. The van der Waals surface area contributed by atoms with Gasteiger partial charge in [0.2, 0.25) is 0 Å². The van der Waals surface area contributed by atoms with Crippen molar-refractivity contribution in [2.75, 3.05) is 0 Å². The summed E-state index contributed by atoms with van der Waals surface area (Å²) >= 11 is 8.14. The van der Waals surface area contributed by atoms with E-state index in [9.17, 15) is 18.0 Å². The minimum Gasteiger partial charge on any atom is -0.298 e. The molecule has 0 heterocycles. The zero-order valence-corrected chi connectivity index (χ0v) is 8.87. The summed E-state index contributed by atoms with van der Waals surface area (Å²) in [6.45, 7) is 0. The van der Waals surface area contributed by atoms with E-state index in [0.29, 0.717) is 0 Å². The van der Waals surface area contributed by atoms with Crippen LogP contribution in [0.2, 0.25) is 5.02 Å². The zero-order valence-electron chi connectivity index (χ0n) is 6.53. The van der Waals surface area contributed by atoms with Crippen molar-refractivity contribution in [1.82, 2.24) is 0 Å². The molecule has 14 heavy (non-hydrogen) atoms. The van der Waals surface area contributed by atoms with Crippen molar-refractivity contribution in [2.24, 2.45) is 0 Å². The molecule has 0 spiro atoms. The molecule has 76 valence electrons. The molecule has 0 saturated carbocycles. The molecule has 0 saturated heterocycles. The molecular formula is C8H3BrClF3O. The van der Waals surface area contributed by atoms with Gasteiger partial charge < -0.3 is 0 Å². The molecule has 0 bridgehead atoms. The first-order chi connectivity index (χ1) is 6.38. The van der Waals surface area contributed by atoms with Crippen LogP contribution in [0.25, 0.3) is 0 Å². The molecule has 0 N–H and O–H groups in total. The second kappa shape index (κ2) is 3.90. The molecule has 1 aromatic carbocycles. The average Bonchev–Trinajstić information content (AvgIpc) is 2.02. The van der Waals surface area contributed by atoms with Gasteiger partial charge >= 0.3 is 6.18 Å². The van der Waals surface area contributed by atoms with Crippen LogP contribution in [0.15, 0.2) is 16.6 Å². The molecule has 1 aromatic rings. The van der Waals surface area contributed by atoms with Crippen LogP contribution in [-0.2, 0) is 6.18 Å². The minimum atomic E-state index is -4.57. The van der Waals surface area contributed by atoms with Crippen molar-refractivity contribution in [3.05, 3.63) is 32.8 Å². The lowest BCUT2D eigenvalue weighted by molar-refractivity contribution is -0.138. The molecule has 0 aliphatic carbocycles. The van der Waals surface area contributed by atoms with Crippen LogP contribution in [-0.4, -0.2) is 6.29 Å². The predicted molar refractivity (Wildman–Crippen MR) is 49.5 cm³/mol. The van der Waals surface area contributed by atoms with Gasteiger partial charge in [-0.25, -0.2) is 0 Å². The van der Waals surface area contributed by atoms with E-state index in [-0.39, 0.29) is 16.3 Å². The highest BCUT2D eigenvalue weighted by Gasteiger charge is 2.36. The van der Waals surface area contributed by atoms with E-state index in [0.717, 1.165) is 6.07 Å². The Morgan fingerprint density at radius 2 is 1.93 bits per heavy atom. The Labute approximate surface area is 91.0 Å². The lowest BCUT2D eigenvalue weighted by atomic mass is 10.1. The van der Waals surface area contributed by atoms with Crippen molar-refractivity contribution in [1.29, 1.82) is 0 Å². The maximum atomic E-state index is 12.4. The summed E-state index contributed by atoms with van der Waals surface area (Å²) in [5, 5.41) is -0.582. The van der Waals surface area contributed by atoms with E-state index >= 15 is 0 Å². The smallest absolute Gasteiger partial charge is 0.298 e.